The highest BCUT2D eigenvalue weighted by atomic mass is 16.5. The number of aliphatic hydroxyl groups is 1. The van der Waals surface area contributed by atoms with E-state index < -0.39 is 24.1 Å². The highest BCUT2D eigenvalue weighted by molar-refractivity contribution is 5.87. The molecule has 0 saturated heterocycles. The number of ether oxygens (including phenoxy) is 1. The van der Waals surface area contributed by atoms with Crippen LogP contribution in [-0.2, 0) is 14.3 Å². The smallest absolute Gasteiger partial charge is 0.331 e. The zero-order chi connectivity index (χ0) is 21.6. The van der Waals surface area contributed by atoms with Gasteiger partial charge in [0.25, 0.3) is 0 Å². The van der Waals surface area contributed by atoms with E-state index in [-0.39, 0.29) is 11.8 Å². The van der Waals surface area contributed by atoms with Crippen LogP contribution >= 0.6 is 0 Å². The average Bonchev–Trinajstić information content (AvgIpc) is 2.70. The van der Waals surface area contributed by atoms with Crippen LogP contribution in [0.4, 0.5) is 0 Å². The van der Waals surface area contributed by atoms with E-state index in [1.165, 1.54) is 18.2 Å². The fraction of sp³-hybridized carbons (Fsp3) is 0.417. The SMILES string of the molecule is CCC[C@@H](C)[C@H](OC(=O)/C=C/c1ccccc1)[C@H](C)[C@H](O)C/C=C/C=CC(N)=O. The van der Waals surface area contributed by atoms with E-state index in [4.69, 9.17) is 10.5 Å². The first-order valence-corrected chi connectivity index (χ1v) is 10.1. The number of nitrogens with two attached hydrogens (primary N) is 1. The number of primary amides is 1. The molecule has 158 valence electrons. The second-order valence-corrected chi connectivity index (χ2v) is 7.26. The maximum Gasteiger partial charge on any atom is 0.331 e. The van der Waals surface area contributed by atoms with E-state index in [1.54, 1.807) is 18.2 Å². The molecular weight excluding hydrogens is 366 g/mol. The summed E-state index contributed by atoms with van der Waals surface area (Å²) in [5.41, 5.74) is 5.95. The van der Waals surface area contributed by atoms with Crippen molar-refractivity contribution in [3.8, 4) is 0 Å². The molecule has 0 unspecified atom stereocenters. The van der Waals surface area contributed by atoms with Crippen LogP contribution in [0, 0.1) is 11.8 Å². The first-order chi connectivity index (χ1) is 13.8. The number of carbonyl (C=O) groups is 2. The van der Waals surface area contributed by atoms with Gasteiger partial charge >= 0.3 is 5.97 Å². The lowest BCUT2D eigenvalue weighted by atomic mass is 9.85. The monoisotopic (exact) mass is 399 g/mol. The molecule has 3 N–H and O–H groups in total. The van der Waals surface area contributed by atoms with Crippen molar-refractivity contribution in [3.63, 3.8) is 0 Å². The zero-order valence-corrected chi connectivity index (χ0v) is 17.5. The van der Waals surface area contributed by atoms with Gasteiger partial charge in [0.15, 0.2) is 0 Å². The summed E-state index contributed by atoms with van der Waals surface area (Å²) in [7, 11) is 0. The molecule has 0 bridgehead atoms. The summed E-state index contributed by atoms with van der Waals surface area (Å²) in [6.45, 7) is 6.01. The van der Waals surface area contributed by atoms with Crippen molar-refractivity contribution in [1.29, 1.82) is 0 Å². The number of hydrogen-bond donors (Lipinski definition) is 2. The standard InChI is InChI=1S/C24H33NO4/c1-4-11-18(2)24(19(3)21(26)14-9-6-10-15-22(25)27)29-23(28)17-16-20-12-7-5-8-13-20/h5-10,12-13,15-19,21,24,26H,4,11,14H2,1-3H3,(H2,25,27)/b9-6+,15-10?,17-16+/t18-,19-,21-,24+/m1/s1. The summed E-state index contributed by atoms with van der Waals surface area (Å²) in [4.78, 5) is 23.0. The second kappa shape index (κ2) is 13.5. The van der Waals surface area contributed by atoms with E-state index in [0.717, 1.165) is 18.4 Å². The van der Waals surface area contributed by atoms with Gasteiger partial charge in [-0.2, -0.15) is 0 Å². The van der Waals surface area contributed by atoms with Crippen molar-refractivity contribution >= 4 is 18.0 Å². The minimum Gasteiger partial charge on any atom is -0.459 e. The lowest BCUT2D eigenvalue weighted by Crippen LogP contribution is -2.37. The topological polar surface area (TPSA) is 89.6 Å². The number of amides is 1. The van der Waals surface area contributed by atoms with Crippen molar-refractivity contribution in [1.82, 2.24) is 0 Å². The van der Waals surface area contributed by atoms with Gasteiger partial charge in [-0.25, -0.2) is 4.79 Å². The molecule has 1 amide bonds. The predicted molar refractivity (Wildman–Crippen MR) is 117 cm³/mol. The lowest BCUT2D eigenvalue weighted by Gasteiger charge is -2.31. The Kier molecular flexibility index (Phi) is 11.4. The maximum atomic E-state index is 12.4. The molecule has 0 aliphatic rings. The van der Waals surface area contributed by atoms with Crippen molar-refractivity contribution in [2.75, 3.05) is 0 Å². The molecule has 5 nitrogen and oxygen atoms in total. The molecule has 0 radical (unpaired) electrons. The molecule has 0 aliphatic heterocycles. The molecule has 0 fully saturated rings. The summed E-state index contributed by atoms with van der Waals surface area (Å²) >= 11 is 0. The summed E-state index contributed by atoms with van der Waals surface area (Å²) in [6.07, 6.45) is 10.5. The third-order valence-corrected chi connectivity index (χ3v) is 4.78. The van der Waals surface area contributed by atoms with Crippen LogP contribution in [0.1, 0.15) is 45.6 Å². The molecular formula is C24H33NO4. The minimum atomic E-state index is -0.677. The lowest BCUT2D eigenvalue weighted by molar-refractivity contribution is -0.151. The van der Waals surface area contributed by atoms with Gasteiger partial charge in [0.05, 0.1) is 6.10 Å². The fourth-order valence-electron chi connectivity index (χ4n) is 3.14. The van der Waals surface area contributed by atoms with Gasteiger partial charge in [-0.05, 0) is 30.4 Å². The summed E-state index contributed by atoms with van der Waals surface area (Å²) in [6, 6.07) is 9.54. The van der Waals surface area contributed by atoms with Crippen molar-refractivity contribution in [2.24, 2.45) is 17.6 Å². The summed E-state index contributed by atoms with van der Waals surface area (Å²) < 4.78 is 5.74. The van der Waals surface area contributed by atoms with Gasteiger partial charge in [-0.3, -0.25) is 4.79 Å². The van der Waals surface area contributed by atoms with E-state index in [9.17, 15) is 14.7 Å². The van der Waals surface area contributed by atoms with Crippen molar-refractivity contribution < 1.29 is 19.4 Å². The van der Waals surface area contributed by atoms with Gasteiger partial charge in [-0.1, -0.05) is 75.8 Å². The molecule has 0 aromatic heterocycles. The predicted octanol–water partition coefficient (Wildman–Crippen LogP) is 4.03. The first-order valence-electron chi connectivity index (χ1n) is 10.1. The molecule has 0 heterocycles. The average molecular weight is 400 g/mol. The minimum absolute atomic E-state index is 0.123. The number of aliphatic hydroxyl groups excluding tert-OH is 1. The number of rotatable bonds is 12. The Morgan fingerprint density at radius 1 is 1.14 bits per heavy atom. The zero-order valence-electron chi connectivity index (χ0n) is 17.5. The highest BCUT2D eigenvalue weighted by Crippen LogP contribution is 2.25. The Bertz CT molecular complexity index is 709. The quantitative estimate of drug-likeness (QED) is 0.315. The third kappa shape index (κ3) is 9.90. The normalized spacial score (nSPS) is 16.1. The maximum absolute atomic E-state index is 12.4. The van der Waals surface area contributed by atoms with Gasteiger partial charge in [0.2, 0.25) is 5.91 Å². The third-order valence-electron chi connectivity index (χ3n) is 4.78. The van der Waals surface area contributed by atoms with Crippen LogP contribution in [0.3, 0.4) is 0 Å². The highest BCUT2D eigenvalue weighted by Gasteiger charge is 2.30. The largest absolute Gasteiger partial charge is 0.459 e. The molecule has 1 aromatic carbocycles. The molecule has 4 atom stereocenters. The van der Waals surface area contributed by atoms with E-state index in [1.807, 2.05) is 44.2 Å². The van der Waals surface area contributed by atoms with E-state index in [2.05, 4.69) is 6.92 Å². The van der Waals surface area contributed by atoms with Gasteiger partial charge in [-0.15, -0.1) is 0 Å². The molecule has 1 rings (SSSR count). The number of carbonyl (C=O) groups excluding carboxylic acids is 2. The Hall–Kier alpha value is -2.66. The molecule has 5 heteroatoms. The van der Waals surface area contributed by atoms with E-state index >= 15 is 0 Å². The van der Waals surface area contributed by atoms with Crippen molar-refractivity contribution in [2.45, 2.75) is 52.2 Å². The van der Waals surface area contributed by atoms with Gasteiger partial charge < -0.3 is 15.6 Å². The van der Waals surface area contributed by atoms with Crippen LogP contribution in [0.25, 0.3) is 6.08 Å². The van der Waals surface area contributed by atoms with Crippen LogP contribution < -0.4 is 5.73 Å². The molecule has 0 aliphatic carbocycles. The van der Waals surface area contributed by atoms with Crippen molar-refractivity contribution in [3.05, 3.63) is 66.3 Å². The van der Waals surface area contributed by atoms with Crippen LogP contribution in [0.5, 0.6) is 0 Å². The number of esters is 1. The summed E-state index contributed by atoms with van der Waals surface area (Å²) in [5.74, 6) is -1.05. The number of benzene rings is 1. The first kappa shape index (κ1) is 24.4. The second-order valence-electron chi connectivity index (χ2n) is 7.26. The van der Waals surface area contributed by atoms with E-state index in [0.29, 0.717) is 6.42 Å². The van der Waals surface area contributed by atoms with Crippen LogP contribution in [0.2, 0.25) is 0 Å². The molecule has 1 aromatic rings. The Labute approximate surface area is 174 Å². The summed E-state index contributed by atoms with van der Waals surface area (Å²) in [5, 5.41) is 10.6. The molecule has 0 saturated carbocycles. The van der Waals surface area contributed by atoms with Crippen LogP contribution in [0.15, 0.2) is 60.7 Å². The Morgan fingerprint density at radius 2 is 1.83 bits per heavy atom. The van der Waals surface area contributed by atoms with Gasteiger partial charge in [0, 0.05) is 18.1 Å². The number of allylic oxidation sites excluding steroid dienone is 2. The Morgan fingerprint density at radius 3 is 2.45 bits per heavy atom. The number of hydrogen-bond acceptors (Lipinski definition) is 4. The molecule has 29 heavy (non-hydrogen) atoms. The van der Waals surface area contributed by atoms with Gasteiger partial charge in [0.1, 0.15) is 6.10 Å². The fourth-order valence-corrected chi connectivity index (χ4v) is 3.14. The Balaban J connectivity index is 2.75. The van der Waals surface area contributed by atoms with Crippen LogP contribution in [-0.4, -0.2) is 29.2 Å². The molecule has 0 spiro atoms.